The van der Waals surface area contributed by atoms with E-state index in [4.69, 9.17) is 9.84 Å². The molecule has 0 aromatic heterocycles. The number of rotatable bonds is 3. The van der Waals surface area contributed by atoms with Crippen molar-refractivity contribution in [2.24, 2.45) is 5.41 Å². The molecule has 0 bridgehead atoms. The van der Waals surface area contributed by atoms with Crippen LogP contribution in [-0.2, 0) is 9.53 Å². The molecule has 26 heavy (non-hydrogen) atoms. The van der Waals surface area contributed by atoms with Crippen LogP contribution in [0.25, 0.3) is 0 Å². The third-order valence-electron chi connectivity index (χ3n) is 3.86. The lowest BCUT2D eigenvalue weighted by atomic mass is 9.83. The topological polar surface area (TPSA) is 111 Å². The van der Waals surface area contributed by atoms with Gasteiger partial charge in [0.2, 0.25) is 0 Å². The maximum atomic E-state index is 13.0. The van der Waals surface area contributed by atoms with E-state index in [0.29, 0.717) is 6.54 Å². The molecule has 1 unspecified atom stereocenters. The van der Waals surface area contributed by atoms with Gasteiger partial charge in [-0.1, -0.05) is 20.8 Å². The molecule has 1 aliphatic heterocycles. The predicted molar refractivity (Wildman–Crippen MR) is 96.0 cm³/mol. The molecule has 0 saturated carbocycles. The molecule has 1 fully saturated rings. The van der Waals surface area contributed by atoms with Crippen LogP contribution in [0.5, 0.6) is 0 Å². The first-order valence-electron chi connectivity index (χ1n) is 8.87. The number of urea groups is 1. The zero-order valence-corrected chi connectivity index (χ0v) is 16.6. The Labute approximate surface area is 155 Å². The van der Waals surface area contributed by atoms with Gasteiger partial charge in [-0.2, -0.15) is 0 Å². The van der Waals surface area contributed by atoms with Crippen LogP contribution < -0.4 is 10.9 Å². The van der Waals surface area contributed by atoms with E-state index in [9.17, 15) is 14.4 Å². The zero-order valence-electron chi connectivity index (χ0n) is 16.6. The molecule has 0 spiro atoms. The van der Waals surface area contributed by atoms with Gasteiger partial charge >= 0.3 is 18.1 Å². The number of carbonyl (C=O) groups excluding carboxylic acids is 2. The average Bonchev–Trinajstić information content (AvgIpc) is 2.48. The summed E-state index contributed by atoms with van der Waals surface area (Å²) in [5.41, 5.74) is 4.54. The molecule has 3 amide bonds. The molecule has 1 atom stereocenters. The number of ether oxygens (including phenoxy) is 1. The van der Waals surface area contributed by atoms with Crippen LogP contribution in [0.4, 0.5) is 9.59 Å². The van der Waals surface area contributed by atoms with Crippen LogP contribution in [0.15, 0.2) is 0 Å². The highest BCUT2D eigenvalue weighted by Crippen LogP contribution is 2.29. The monoisotopic (exact) mass is 372 g/mol. The van der Waals surface area contributed by atoms with Crippen LogP contribution in [0.2, 0.25) is 0 Å². The minimum Gasteiger partial charge on any atom is -0.481 e. The van der Waals surface area contributed by atoms with E-state index in [1.54, 1.807) is 20.8 Å². The predicted octanol–water partition coefficient (Wildman–Crippen LogP) is 2.34. The molecular weight excluding hydrogens is 340 g/mol. The fraction of sp³-hybridized carbons (Fsp3) is 0.824. The first-order valence-corrected chi connectivity index (χ1v) is 8.87. The van der Waals surface area contributed by atoms with Crippen LogP contribution in [0.1, 0.15) is 60.8 Å². The molecule has 0 aromatic carbocycles. The number of hydrazine groups is 2. The van der Waals surface area contributed by atoms with E-state index in [-0.39, 0.29) is 24.4 Å². The van der Waals surface area contributed by atoms with E-state index in [2.05, 4.69) is 10.9 Å². The van der Waals surface area contributed by atoms with Gasteiger partial charge in [-0.15, -0.1) is 0 Å². The second kappa shape index (κ2) is 8.57. The smallest absolute Gasteiger partial charge is 0.426 e. The van der Waals surface area contributed by atoms with Crippen molar-refractivity contribution in [3.05, 3.63) is 0 Å². The molecule has 1 heterocycles. The minimum absolute atomic E-state index is 0.0866. The van der Waals surface area contributed by atoms with Gasteiger partial charge in [-0.3, -0.25) is 9.80 Å². The Hall–Kier alpha value is -2.03. The van der Waals surface area contributed by atoms with E-state index in [1.807, 2.05) is 20.8 Å². The number of aliphatic carboxylic acids is 1. The summed E-state index contributed by atoms with van der Waals surface area (Å²) in [7, 11) is 0. The SMILES string of the molecule is CC(C)(C)OC(=O)NN(CCC(=O)O)C(=O)N1NCCCC1C(C)(C)C. The summed E-state index contributed by atoms with van der Waals surface area (Å²) in [6, 6.07) is -0.590. The van der Waals surface area contributed by atoms with Crippen LogP contribution in [-0.4, -0.2) is 58.0 Å². The highest BCUT2D eigenvalue weighted by molar-refractivity contribution is 5.79. The van der Waals surface area contributed by atoms with Crippen molar-refractivity contribution < 1.29 is 24.2 Å². The third-order valence-corrected chi connectivity index (χ3v) is 3.86. The number of hydrogen-bond donors (Lipinski definition) is 3. The summed E-state index contributed by atoms with van der Waals surface area (Å²) in [4.78, 5) is 36.0. The van der Waals surface area contributed by atoms with E-state index in [1.165, 1.54) is 5.01 Å². The molecule has 1 saturated heterocycles. The molecule has 0 aromatic rings. The molecule has 0 radical (unpaired) electrons. The van der Waals surface area contributed by atoms with Crippen molar-refractivity contribution in [1.82, 2.24) is 20.9 Å². The molecule has 9 heteroatoms. The molecular formula is C17H32N4O5. The Morgan fingerprint density at radius 1 is 1.23 bits per heavy atom. The summed E-state index contributed by atoms with van der Waals surface area (Å²) < 4.78 is 5.18. The molecule has 1 aliphatic rings. The van der Waals surface area contributed by atoms with E-state index >= 15 is 0 Å². The largest absolute Gasteiger partial charge is 0.481 e. The Morgan fingerprint density at radius 3 is 2.35 bits per heavy atom. The first-order chi connectivity index (χ1) is 11.8. The molecule has 3 N–H and O–H groups in total. The maximum absolute atomic E-state index is 13.0. The lowest BCUT2D eigenvalue weighted by Crippen LogP contribution is -2.63. The number of carbonyl (C=O) groups is 3. The summed E-state index contributed by atoms with van der Waals surface area (Å²) in [6.07, 6.45) is 0.651. The molecule has 9 nitrogen and oxygen atoms in total. The molecule has 1 rings (SSSR count). The average molecular weight is 372 g/mol. The Balaban J connectivity index is 2.94. The number of hydrogen-bond acceptors (Lipinski definition) is 5. The lowest BCUT2D eigenvalue weighted by molar-refractivity contribution is -0.137. The van der Waals surface area contributed by atoms with Crippen molar-refractivity contribution >= 4 is 18.1 Å². The van der Waals surface area contributed by atoms with Crippen molar-refractivity contribution in [1.29, 1.82) is 0 Å². The van der Waals surface area contributed by atoms with Gasteiger partial charge in [0.15, 0.2) is 0 Å². The van der Waals surface area contributed by atoms with Crippen LogP contribution >= 0.6 is 0 Å². The third kappa shape index (κ3) is 7.07. The Bertz CT molecular complexity index is 524. The number of amides is 3. The summed E-state index contributed by atoms with van der Waals surface area (Å²) >= 11 is 0. The normalized spacial score (nSPS) is 18.2. The second-order valence-corrected chi connectivity index (χ2v) is 8.49. The Morgan fingerprint density at radius 2 is 1.85 bits per heavy atom. The van der Waals surface area contributed by atoms with E-state index < -0.39 is 23.7 Å². The standard InChI is InChI=1S/C17H32N4O5/c1-16(2,3)12-8-7-10-18-21(12)15(25)20(11-9-13(22)23)19-14(24)26-17(4,5)6/h12,18H,7-11H2,1-6H3,(H,19,24)(H,22,23). The van der Waals surface area contributed by atoms with Crippen molar-refractivity contribution in [3.8, 4) is 0 Å². The number of carboxylic acid groups (broad SMARTS) is 1. The quantitative estimate of drug-likeness (QED) is 0.656. The van der Waals surface area contributed by atoms with Gasteiger partial charge in [0.25, 0.3) is 0 Å². The van der Waals surface area contributed by atoms with Crippen molar-refractivity contribution in [2.75, 3.05) is 13.1 Å². The maximum Gasteiger partial charge on any atom is 0.426 e. The second-order valence-electron chi connectivity index (χ2n) is 8.49. The minimum atomic E-state index is -1.06. The molecule has 0 aliphatic carbocycles. The zero-order chi connectivity index (χ0) is 20.1. The van der Waals surface area contributed by atoms with Gasteiger partial charge in [-0.05, 0) is 39.0 Å². The highest BCUT2D eigenvalue weighted by Gasteiger charge is 2.38. The van der Waals surface area contributed by atoms with Gasteiger partial charge in [0, 0.05) is 6.54 Å². The molecule has 150 valence electrons. The Kier molecular flexibility index (Phi) is 7.25. The van der Waals surface area contributed by atoms with Crippen molar-refractivity contribution in [2.45, 2.75) is 72.4 Å². The summed E-state index contributed by atoms with van der Waals surface area (Å²) in [5, 5.41) is 11.4. The van der Waals surface area contributed by atoms with Crippen molar-refractivity contribution in [3.63, 3.8) is 0 Å². The van der Waals surface area contributed by atoms with Gasteiger partial charge in [0.1, 0.15) is 5.60 Å². The number of nitrogens with one attached hydrogen (secondary N) is 2. The van der Waals surface area contributed by atoms with Crippen LogP contribution in [0, 0.1) is 5.41 Å². The van der Waals surface area contributed by atoms with Gasteiger partial charge in [0.05, 0.1) is 19.0 Å². The lowest BCUT2D eigenvalue weighted by Gasteiger charge is -2.44. The fourth-order valence-corrected chi connectivity index (χ4v) is 2.70. The summed E-state index contributed by atoms with van der Waals surface area (Å²) in [6.45, 7) is 11.7. The summed E-state index contributed by atoms with van der Waals surface area (Å²) in [5.74, 6) is -1.06. The van der Waals surface area contributed by atoms with Gasteiger partial charge in [-0.25, -0.2) is 25.4 Å². The number of carboxylic acids is 1. The highest BCUT2D eigenvalue weighted by atomic mass is 16.6. The number of nitrogens with zero attached hydrogens (tertiary/aromatic N) is 2. The fourth-order valence-electron chi connectivity index (χ4n) is 2.70. The van der Waals surface area contributed by atoms with Gasteiger partial charge < -0.3 is 9.84 Å². The van der Waals surface area contributed by atoms with Crippen LogP contribution in [0.3, 0.4) is 0 Å². The first kappa shape index (κ1) is 22.0. The van der Waals surface area contributed by atoms with E-state index in [0.717, 1.165) is 17.9 Å².